The Morgan fingerprint density at radius 1 is 1.33 bits per heavy atom. The molecule has 8 nitrogen and oxygen atoms in total. The van der Waals surface area contributed by atoms with E-state index in [-0.39, 0.29) is 23.4 Å². The summed E-state index contributed by atoms with van der Waals surface area (Å²) in [5.74, 6) is 0.815. The molecule has 0 unspecified atom stereocenters. The fourth-order valence-electron chi connectivity index (χ4n) is 2.75. The minimum Gasteiger partial charge on any atom is -0.347 e. The third-order valence-corrected chi connectivity index (χ3v) is 4.56. The summed E-state index contributed by atoms with van der Waals surface area (Å²) in [7, 11) is 0. The van der Waals surface area contributed by atoms with Gasteiger partial charge in [-0.25, -0.2) is 9.97 Å². The van der Waals surface area contributed by atoms with Crippen LogP contribution in [0.4, 0.5) is 11.8 Å². The summed E-state index contributed by atoms with van der Waals surface area (Å²) in [6, 6.07) is 4.74. The van der Waals surface area contributed by atoms with Crippen LogP contribution in [-0.4, -0.2) is 25.8 Å². The number of pyridine rings is 2. The number of nitrogens with one attached hydrogen (secondary N) is 3. The summed E-state index contributed by atoms with van der Waals surface area (Å²) in [4.78, 5) is 39.6. The third kappa shape index (κ3) is 3.90. The summed E-state index contributed by atoms with van der Waals surface area (Å²) in [5.41, 5.74) is 0.722. The Morgan fingerprint density at radius 2 is 2.15 bits per heavy atom. The molecule has 138 valence electrons. The molecule has 3 N–H and O–H groups in total. The van der Waals surface area contributed by atoms with Crippen molar-refractivity contribution in [1.82, 2.24) is 19.9 Å². The predicted molar refractivity (Wildman–Crippen MR) is 103 cm³/mol. The van der Waals surface area contributed by atoms with Crippen molar-refractivity contribution >= 4 is 40.3 Å². The van der Waals surface area contributed by atoms with Crippen LogP contribution in [0.2, 0.25) is 5.02 Å². The van der Waals surface area contributed by atoms with Crippen LogP contribution in [0.5, 0.6) is 0 Å². The van der Waals surface area contributed by atoms with Crippen molar-refractivity contribution in [2.24, 2.45) is 5.92 Å². The molecule has 3 heterocycles. The SMILES string of the molecule is C[C@H](Nc1nccc(NC(=O)C2CC2)n1)c1cc2cc(Cl)cnc2[nH]c1=O. The second-order valence-electron chi connectivity index (χ2n) is 6.54. The van der Waals surface area contributed by atoms with Gasteiger partial charge in [0.1, 0.15) is 11.5 Å². The molecule has 3 aromatic heterocycles. The number of rotatable bonds is 5. The van der Waals surface area contributed by atoms with Gasteiger partial charge in [-0.15, -0.1) is 0 Å². The summed E-state index contributed by atoms with van der Waals surface area (Å²) >= 11 is 5.98. The summed E-state index contributed by atoms with van der Waals surface area (Å²) < 4.78 is 0. The maximum Gasteiger partial charge on any atom is 0.254 e. The molecule has 1 atom stereocenters. The van der Waals surface area contributed by atoms with Crippen LogP contribution < -0.4 is 16.2 Å². The first kappa shape index (κ1) is 17.4. The molecule has 0 radical (unpaired) electrons. The zero-order valence-electron chi connectivity index (χ0n) is 14.5. The number of aromatic amines is 1. The molecular weight excluding hydrogens is 368 g/mol. The molecule has 27 heavy (non-hydrogen) atoms. The molecule has 9 heteroatoms. The fraction of sp³-hybridized carbons (Fsp3) is 0.278. The van der Waals surface area contributed by atoms with E-state index in [1.165, 1.54) is 6.20 Å². The molecule has 1 aliphatic carbocycles. The van der Waals surface area contributed by atoms with Crippen LogP contribution in [0.1, 0.15) is 31.4 Å². The number of anilines is 2. The van der Waals surface area contributed by atoms with Crippen molar-refractivity contribution in [2.75, 3.05) is 10.6 Å². The molecule has 0 bridgehead atoms. The Bertz CT molecular complexity index is 1080. The van der Waals surface area contributed by atoms with Crippen molar-refractivity contribution in [1.29, 1.82) is 0 Å². The number of aromatic nitrogens is 4. The number of nitrogens with zero attached hydrogens (tertiary/aromatic N) is 3. The van der Waals surface area contributed by atoms with E-state index in [4.69, 9.17) is 11.6 Å². The number of hydrogen-bond acceptors (Lipinski definition) is 6. The second kappa shape index (κ2) is 6.96. The number of amides is 1. The van der Waals surface area contributed by atoms with Crippen LogP contribution in [0.3, 0.4) is 0 Å². The van der Waals surface area contributed by atoms with Gasteiger partial charge >= 0.3 is 0 Å². The monoisotopic (exact) mass is 384 g/mol. The Balaban J connectivity index is 1.55. The number of halogens is 1. The molecule has 1 fully saturated rings. The fourth-order valence-corrected chi connectivity index (χ4v) is 2.91. The number of H-pyrrole nitrogens is 1. The van der Waals surface area contributed by atoms with Gasteiger partial charge in [0.25, 0.3) is 5.56 Å². The predicted octanol–water partition coefficient (Wildman–Crippen LogP) is 2.89. The summed E-state index contributed by atoms with van der Waals surface area (Å²) in [6.45, 7) is 1.83. The topological polar surface area (TPSA) is 113 Å². The molecule has 0 aromatic carbocycles. The maximum atomic E-state index is 12.4. The highest BCUT2D eigenvalue weighted by Crippen LogP contribution is 2.30. The van der Waals surface area contributed by atoms with Gasteiger partial charge in [0, 0.05) is 29.3 Å². The summed E-state index contributed by atoms with van der Waals surface area (Å²) in [5, 5.41) is 7.09. The number of fused-ring (bicyclic) bond motifs is 1. The van der Waals surface area contributed by atoms with E-state index < -0.39 is 0 Å². The lowest BCUT2D eigenvalue weighted by Gasteiger charge is -2.14. The summed E-state index contributed by atoms with van der Waals surface area (Å²) in [6.07, 6.45) is 4.88. The van der Waals surface area contributed by atoms with Crippen LogP contribution >= 0.6 is 11.6 Å². The minimum absolute atomic E-state index is 0.0250. The standard InChI is InChI=1S/C18H17ClN6O2/c1-9(13-7-11-6-12(19)8-21-15(11)25-17(13)27)22-18-20-5-4-14(24-18)23-16(26)10-2-3-10/h4-10H,2-3H2,1H3,(H,21,25,27)(H2,20,22,23,24,26)/t9-/m0/s1. The zero-order chi connectivity index (χ0) is 19.0. The first-order chi connectivity index (χ1) is 13.0. The van der Waals surface area contributed by atoms with Gasteiger partial charge in [-0.3, -0.25) is 9.59 Å². The zero-order valence-corrected chi connectivity index (χ0v) is 15.2. The molecule has 0 aliphatic heterocycles. The highest BCUT2D eigenvalue weighted by molar-refractivity contribution is 6.31. The smallest absolute Gasteiger partial charge is 0.254 e. The molecule has 3 aromatic rings. The number of hydrogen-bond donors (Lipinski definition) is 3. The molecule has 1 aliphatic rings. The molecule has 1 amide bonds. The molecule has 1 saturated carbocycles. The normalized spacial score (nSPS) is 14.7. The Labute approximate surface area is 159 Å². The number of carbonyl (C=O) groups is 1. The van der Waals surface area contributed by atoms with E-state index in [1.54, 1.807) is 24.4 Å². The van der Waals surface area contributed by atoms with E-state index in [0.717, 1.165) is 18.2 Å². The van der Waals surface area contributed by atoms with Crippen molar-refractivity contribution in [3.63, 3.8) is 0 Å². The lowest BCUT2D eigenvalue weighted by molar-refractivity contribution is -0.117. The van der Waals surface area contributed by atoms with Gasteiger partial charge in [-0.05, 0) is 38.0 Å². The molecule has 0 spiro atoms. The maximum absolute atomic E-state index is 12.4. The van der Waals surface area contributed by atoms with E-state index >= 15 is 0 Å². The van der Waals surface area contributed by atoms with Crippen LogP contribution in [-0.2, 0) is 4.79 Å². The first-order valence-corrected chi connectivity index (χ1v) is 8.96. The molecule has 0 saturated heterocycles. The van der Waals surface area contributed by atoms with Gasteiger partial charge in [-0.1, -0.05) is 11.6 Å². The van der Waals surface area contributed by atoms with Crippen molar-refractivity contribution in [2.45, 2.75) is 25.8 Å². The van der Waals surface area contributed by atoms with Gasteiger partial charge < -0.3 is 15.6 Å². The highest BCUT2D eigenvalue weighted by atomic mass is 35.5. The van der Waals surface area contributed by atoms with Crippen molar-refractivity contribution in [3.05, 3.63) is 51.5 Å². The number of carbonyl (C=O) groups excluding carboxylic acids is 1. The molecular formula is C18H17ClN6O2. The third-order valence-electron chi connectivity index (χ3n) is 4.36. The van der Waals surface area contributed by atoms with E-state index in [1.807, 2.05) is 6.92 Å². The first-order valence-electron chi connectivity index (χ1n) is 8.58. The average molecular weight is 385 g/mol. The van der Waals surface area contributed by atoms with Gasteiger partial charge in [0.2, 0.25) is 11.9 Å². The van der Waals surface area contributed by atoms with Crippen LogP contribution in [0, 0.1) is 5.92 Å². The van der Waals surface area contributed by atoms with E-state index in [0.29, 0.717) is 28.0 Å². The van der Waals surface area contributed by atoms with Gasteiger partial charge in [0.05, 0.1) is 11.1 Å². The van der Waals surface area contributed by atoms with Crippen molar-refractivity contribution in [3.8, 4) is 0 Å². The van der Waals surface area contributed by atoms with E-state index in [2.05, 4.69) is 30.6 Å². The minimum atomic E-state index is -0.369. The Morgan fingerprint density at radius 3 is 2.93 bits per heavy atom. The van der Waals surface area contributed by atoms with E-state index in [9.17, 15) is 9.59 Å². The van der Waals surface area contributed by atoms with Crippen LogP contribution in [0.15, 0.2) is 35.4 Å². The lowest BCUT2D eigenvalue weighted by Crippen LogP contribution is -2.21. The van der Waals surface area contributed by atoms with Gasteiger partial charge in [-0.2, -0.15) is 4.98 Å². The average Bonchev–Trinajstić information content (AvgIpc) is 3.47. The lowest BCUT2D eigenvalue weighted by atomic mass is 10.1. The quantitative estimate of drug-likeness (QED) is 0.623. The van der Waals surface area contributed by atoms with Crippen molar-refractivity contribution < 1.29 is 4.79 Å². The largest absolute Gasteiger partial charge is 0.347 e. The van der Waals surface area contributed by atoms with Gasteiger partial charge in [0.15, 0.2) is 0 Å². The van der Waals surface area contributed by atoms with Crippen LogP contribution in [0.25, 0.3) is 11.0 Å². The Kier molecular flexibility index (Phi) is 4.49. The second-order valence-corrected chi connectivity index (χ2v) is 6.98. The highest BCUT2D eigenvalue weighted by Gasteiger charge is 2.29. The molecule has 4 rings (SSSR count). The Hall–Kier alpha value is -3.00.